The minimum Gasteiger partial charge on any atom is -0.305 e. The molecule has 1 N–H and O–H groups in total. The van der Waals surface area contributed by atoms with E-state index in [2.05, 4.69) is 25.5 Å². The smallest absolute Gasteiger partial charge is 0.239 e. The molecule has 0 aliphatic heterocycles. The molecule has 0 unspecified atom stereocenters. The second kappa shape index (κ2) is 7.32. The number of carbonyl (C=O) groups is 1. The van der Waals surface area contributed by atoms with Crippen molar-refractivity contribution in [3.8, 4) is 11.4 Å². The Morgan fingerprint density at radius 3 is 2.64 bits per heavy atom. The molecule has 0 fully saturated rings. The molecule has 0 saturated heterocycles. The molecule has 7 nitrogen and oxygen atoms in total. The van der Waals surface area contributed by atoms with Gasteiger partial charge in [-0.1, -0.05) is 11.8 Å². The molecule has 3 rings (SSSR count). The van der Waals surface area contributed by atoms with Crippen molar-refractivity contribution in [2.75, 3.05) is 5.32 Å². The number of carbonyl (C=O) groups excluding carboxylic acids is 1. The highest BCUT2D eigenvalue weighted by Gasteiger charge is 2.20. The van der Waals surface area contributed by atoms with Crippen LogP contribution >= 0.6 is 23.1 Å². The molecule has 0 aliphatic rings. The third kappa shape index (κ3) is 3.88. The van der Waals surface area contributed by atoms with Crippen LogP contribution in [0.25, 0.3) is 11.4 Å². The molecule has 0 aliphatic carbocycles. The number of nitrogens with one attached hydrogen (secondary N) is 1. The van der Waals surface area contributed by atoms with Crippen LogP contribution in [0.15, 0.2) is 29.7 Å². The van der Waals surface area contributed by atoms with Gasteiger partial charge in [-0.25, -0.2) is 4.98 Å². The zero-order valence-electron chi connectivity index (χ0n) is 14.3. The Balaban J connectivity index is 1.69. The maximum absolute atomic E-state index is 12.4. The first-order valence-electron chi connectivity index (χ1n) is 7.67. The molecule has 25 heavy (non-hydrogen) atoms. The van der Waals surface area contributed by atoms with Crippen LogP contribution in [0.4, 0.5) is 5.13 Å². The van der Waals surface area contributed by atoms with Gasteiger partial charge in [-0.05, 0) is 32.9 Å². The van der Waals surface area contributed by atoms with Crippen LogP contribution in [0.1, 0.15) is 17.5 Å². The van der Waals surface area contributed by atoms with Gasteiger partial charge in [0.1, 0.15) is 0 Å². The van der Waals surface area contributed by atoms with Crippen LogP contribution in [-0.2, 0) is 11.8 Å². The first-order chi connectivity index (χ1) is 12.0. The Bertz CT molecular complexity index is 870. The lowest BCUT2D eigenvalue weighted by Crippen LogP contribution is -2.22. The first kappa shape index (κ1) is 17.6. The van der Waals surface area contributed by atoms with Gasteiger partial charge in [-0.15, -0.1) is 21.5 Å². The van der Waals surface area contributed by atoms with E-state index in [-0.39, 0.29) is 11.2 Å². The van der Waals surface area contributed by atoms with E-state index in [1.54, 1.807) is 12.4 Å². The number of thiazole rings is 1. The standard InChI is InChI=1S/C16H18N6OS2/c1-9-10(2)24-15(18-9)19-14(23)11(3)25-16-21-20-13(22(16)4)12-5-7-17-8-6-12/h5-8,11H,1-4H3,(H,18,19,23)/t11-/m1/s1. The summed E-state index contributed by atoms with van der Waals surface area (Å²) in [5.74, 6) is 0.635. The van der Waals surface area contributed by atoms with E-state index in [4.69, 9.17) is 0 Å². The Hall–Kier alpha value is -2.26. The molecular weight excluding hydrogens is 356 g/mol. The first-order valence-corrected chi connectivity index (χ1v) is 9.36. The van der Waals surface area contributed by atoms with Gasteiger partial charge in [0.15, 0.2) is 16.1 Å². The van der Waals surface area contributed by atoms with E-state index >= 15 is 0 Å². The molecule has 0 bridgehead atoms. The summed E-state index contributed by atoms with van der Waals surface area (Å²) in [6.07, 6.45) is 3.43. The van der Waals surface area contributed by atoms with Crippen molar-refractivity contribution in [2.45, 2.75) is 31.2 Å². The van der Waals surface area contributed by atoms with Gasteiger partial charge in [-0.2, -0.15) is 0 Å². The lowest BCUT2D eigenvalue weighted by atomic mass is 10.2. The number of nitrogens with zero attached hydrogens (tertiary/aromatic N) is 5. The van der Waals surface area contributed by atoms with Crippen molar-refractivity contribution in [2.24, 2.45) is 7.05 Å². The fourth-order valence-electron chi connectivity index (χ4n) is 2.11. The average Bonchev–Trinajstić information content (AvgIpc) is 3.11. The van der Waals surface area contributed by atoms with Crippen molar-refractivity contribution in [1.82, 2.24) is 24.7 Å². The molecule has 1 atom stereocenters. The van der Waals surface area contributed by atoms with E-state index in [0.717, 1.165) is 22.0 Å². The lowest BCUT2D eigenvalue weighted by molar-refractivity contribution is -0.115. The topological polar surface area (TPSA) is 85.6 Å². The molecule has 0 aromatic carbocycles. The molecule has 0 saturated carbocycles. The van der Waals surface area contributed by atoms with Gasteiger partial charge in [0.2, 0.25) is 5.91 Å². The fourth-order valence-corrected chi connectivity index (χ4v) is 3.75. The highest BCUT2D eigenvalue weighted by molar-refractivity contribution is 8.00. The summed E-state index contributed by atoms with van der Waals surface area (Å²) < 4.78 is 1.88. The third-order valence-corrected chi connectivity index (χ3v) is 5.81. The highest BCUT2D eigenvalue weighted by Crippen LogP contribution is 2.27. The third-order valence-electron chi connectivity index (χ3n) is 3.68. The number of aryl methyl sites for hydroxylation is 2. The van der Waals surface area contributed by atoms with E-state index in [1.165, 1.54) is 23.1 Å². The number of pyridine rings is 1. The normalized spacial score (nSPS) is 12.2. The Labute approximate surface area is 153 Å². The zero-order chi connectivity index (χ0) is 18.0. The van der Waals surface area contributed by atoms with Crippen molar-refractivity contribution in [3.05, 3.63) is 35.1 Å². The SMILES string of the molecule is Cc1nc(NC(=O)[C@@H](C)Sc2nnc(-c3ccncc3)n2C)sc1C. The number of aromatic nitrogens is 5. The van der Waals surface area contributed by atoms with Gasteiger partial charge < -0.3 is 9.88 Å². The summed E-state index contributed by atoms with van der Waals surface area (Å²) in [4.78, 5) is 21.8. The fraction of sp³-hybridized carbons (Fsp3) is 0.312. The Kier molecular flexibility index (Phi) is 5.14. The van der Waals surface area contributed by atoms with Crippen molar-refractivity contribution in [3.63, 3.8) is 0 Å². The van der Waals surface area contributed by atoms with E-state index < -0.39 is 0 Å². The summed E-state index contributed by atoms with van der Waals surface area (Å²) in [5, 5.41) is 12.3. The number of anilines is 1. The number of hydrogen-bond donors (Lipinski definition) is 1. The number of amides is 1. The minimum atomic E-state index is -0.322. The maximum Gasteiger partial charge on any atom is 0.239 e. The quantitative estimate of drug-likeness (QED) is 0.691. The van der Waals surface area contributed by atoms with Gasteiger partial charge >= 0.3 is 0 Å². The predicted octanol–water partition coefficient (Wildman–Crippen LogP) is 3.07. The maximum atomic E-state index is 12.4. The summed E-state index contributed by atoms with van der Waals surface area (Å²) in [6, 6.07) is 3.75. The molecule has 130 valence electrons. The predicted molar refractivity (Wildman–Crippen MR) is 99.8 cm³/mol. The summed E-state index contributed by atoms with van der Waals surface area (Å²) in [7, 11) is 1.89. The van der Waals surface area contributed by atoms with Crippen LogP contribution in [0.3, 0.4) is 0 Å². The number of thioether (sulfide) groups is 1. The highest BCUT2D eigenvalue weighted by atomic mass is 32.2. The monoisotopic (exact) mass is 374 g/mol. The van der Waals surface area contributed by atoms with Crippen LogP contribution < -0.4 is 5.32 Å². The van der Waals surface area contributed by atoms with Crippen molar-refractivity contribution in [1.29, 1.82) is 0 Å². The average molecular weight is 374 g/mol. The van der Waals surface area contributed by atoms with Crippen molar-refractivity contribution >= 4 is 34.1 Å². The molecule has 1 amide bonds. The molecule has 0 radical (unpaired) electrons. The number of hydrogen-bond acceptors (Lipinski definition) is 7. The van der Waals surface area contributed by atoms with Gasteiger partial charge in [0, 0.05) is 29.9 Å². The minimum absolute atomic E-state index is 0.104. The summed E-state index contributed by atoms with van der Waals surface area (Å²) in [6.45, 7) is 5.76. The summed E-state index contributed by atoms with van der Waals surface area (Å²) in [5.41, 5.74) is 1.87. The molecule has 3 aromatic rings. The molecule has 3 aromatic heterocycles. The number of rotatable bonds is 5. The van der Waals surface area contributed by atoms with E-state index in [9.17, 15) is 4.79 Å². The van der Waals surface area contributed by atoms with Crippen LogP contribution in [-0.4, -0.2) is 35.9 Å². The van der Waals surface area contributed by atoms with Crippen molar-refractivity contribution < 1.29 is 4.79 Å². The van der Waals surface area contributed by atoms with E-state index in [1.807, 2.05) is 44.5 Å². The van der Waals surface area contributed by atoms with E-state index in [0.29, 0.717) is 10.3 Å². The molecule has 0 spiro atoms. The molecule has 3 heterocycles. The Morgan fingerprint density at radius 2 is 2.00 bits per heavy atom. The van der Waals surface area contributed by atoms with Crippen LogP contribution in [0.5, 0.6) is 0 Å². The largest absolute Gasteiger partial charge is 0.305 e. The van der Waals surface area contributed by atoms with Crippen LogP contribution in [0.2, 0.25) is 0 Å². The lowest BCUT2D eigenvalue weighted by Gasteiger charge is -2.10. The Morgan fingerprint density at radius 1 is 1.28 bits per heavy atom. The zero-order valence-corrected chi connectivity index (χ0v) is 16.0. The molecule has 9 heteroatoms. The van der Waals surface area contributed by atoms with Gasteiger partial charge in [0.25, 0.3) is 0 Å². The van der Waals surface area contributed by atoms with Gasteiger partial charge in [-0.3, -0.25) is 9.78 Å². The van der Waals surface area contributed by atoms with Gasteiger partial charge in [0.05, 0.1) is 10.9 Å². The second-order valence-corrected chi connectivity index (χ2v) is 8.02. The summed E-state index contributed by atoms with van der Waals surface area (Å²) >= 11 is 2.84. The molecular formula is C16H18N6OS2. The second-order valence-electron chi connectivity index (χ2n) is 5.51. The van der Waals surface area contributed by atoms with Crippen LogP contribution in [0, 0.1) is 13.8 Å².